The average Bonchev–Trinajstić information content (AvgIpc) is 2.89. The maximum absolute atomic E-state index is 6.24. The molecule has 0 saturated carbocycles. The summed E-state index contributed by atoms with van der Waals surface area (Å²) in [7, 11) is 0. The van der Waals surface area contributed by atoms with E-state index in [0.717, 1.165) is 28.6 Å². The molecule has 2 heterocycles. The molecule has 0 unspecified atom stereocenters. The smallest absolute Gasteiger partial charge is 0.0953 e. The number of aryl methyl sites for hydroxylation is 2. The highest BCUT2D eigenvalue weighted by atomic mass is 35.5. The Morgan fingerprint density at radius 1 is 1.47 bits per heavy atom. The summed E-state index contributed by atoms with van der Waals surface area (Å²) in [5.74, 6) is 0. The van der Waals surface area contributed by atoms with Crippen molar-refractivity contribution in [3.8, 4) is 0 Å². The summed E-state index contributed by atoms with van der Waals surface area (Å²) in [6.07, 6.45) is 3.69. The molecule has 0 bridgehead atoms. The van der Waals surface area contributed by atoms with E-state index in [4.69, 9.17) is 17.3 Å². The molecule has 0 aliphatic carbocycles. The molecule has 0 spiro atoms. The number of hydrogen-bond donors (Lipinski definition) is 1. The van der Waals surface area contributed by atoms with Crippen molar-refractivity contribution in [2.75, 3.05) is 0 Å². The Bertz CT molecular complexity index is 514. The molecule has 0 atom stereocenters. The van der Waals surface area contributed by atoms with E-state index >= 15 is 0 Å². The van der Waals surface area contributed by atoms with Gasteiger partial charge in [-0.25, -0.2) is 4.98 Å². The van der Waals surface area contributed by atoms with Crippen LogP contribution >= 0.6 is 11.6 Å². The van der Waals surface area contributed by atoms with E-state index in [1.54, 1.807) is 6.33 Å². The fourth-order valence-corrected chi connectivity index (χ4v) is 1.99. The first-order chi connectivity index (χ1) is 8.15. The van der Waals surface area contributed by atoms with Gasteiger partial charge in [-0.05, 0) is 13.8 Å². The van der Waals surface area contributed by atoms with Crippen molar-refractivity contribution in [2.24, 2.45) is 5.73 Å². The van der Waals surface area contributed by atoms with Crippen LogP contribution in [0.3, 0.4) is 0 Å². The average molecular weight is 254 g/mol. The minimum absolute atomic E-state index is 0.451. The fraction of sp³-hybridized carbons (Fsp3) is 0.455. The molecule has 0 aliphatic rings. The van der Waals surface area contributed by atoms with Crippen molar-refractivity contribution < 1.29 is 0 Å². The Morgan fingerprint density at radius 3 is 2.82 bits per heavy atom. The van der Waals surface area contributed by atoms with E-state index in [1.165, 1.54) is 0 Å². The molecule has 0 fully saturated rings. The topological polar surface area (TPSA) is 61.7 Å². The SMILES string of the molecule is CCn1nc(C)c(Cl)c1Cn1cnc(CN)c1. The summed E-state index contributed by atoms with van der Waals surface area (Å²) < 4.78 is 3.89. The lowest BCUT2D eigenvalue weighted by molar-refractivity contribution is 0.597. The molecule has 0 saturated heterocycles. The summed E-state index contributed by atoms with van der Waals surface area (Å²) in [6, 6.07) is 0. The zero-order chi connectivity index (χ0) is 12.4. The van der Waals surface area contributed by atoms with Crippen LogP contribution in [0.4, 0.5) is 0 Å². The van der Waals surface area contributed by atoms with Crippen LogP contribution in [-0.4, -0.2) is 19.3 Å². The van der Waals surface area contributed by atoms with Gasteiger partial charge in [0.25, 0.3) is 0 Å². The van der Waals surface area contributed by atoms with E-state index in [0.29, 0.717) is 13.1 Å². The first kappa shape index (κ1) is 12.1. The molecule has 0 aromatic carbocycles. The number of hydrogen-bond acceptors (Lipinski definition) is 3. The molecule has 0 amide bonds. The minimum atomic E-state index is 0.451. The lowest BCUT2D eigenvalue weighted by atomic mass is 10.3. The van der Waals surface area contributed by atoms with Gasteiger partial charge in [-0.1, -0.05) is 11.6 Å². The second-order valence-electron chi connectivity index (χ2n) is 3.90. The van der Waals surface area contributed by atoms with Crippen LogP contribution in [0.1, 0.15) is 24.0 Å². The molecule has 2 aromatic heterocycles. The number of nitrogens with two attached hydrogens (primary N) is 1. The second-order valence-corrected chi connectivity index (χ2v) is 4.28. The molecule has 0 aliphatic heterocycles. The van der Waals surface area contributed by atoms with Crippen molar-refractivity contribution in [3.63, 3.8) is 0 Å². The first-order valence-electron chi connectivity index (χ1n) is 5.58. The normalized spacial score (nSPS) is 11.1. The van der Waals surface area contributed by atoms with E-state index < -0.39 is 0 Å². The number of halogens is 1. The minimum Gasteiger partial charge on any atom is -0.331 e. The highest BCUT2D eigenvalue weighted by Crippen LogP contribution is 2.21. The van der Waals surface area contributed by atoms with Crippen LogP contribution in [0.25, 0.3) is 0 Å². The third kappa shape index (κ3) is 2.35. The maximum atomic E-state index is 6.24. The molecular formula is C11H16ClN5. The van der Waals surface area contributed by atoms with E-state index in [-0.39, 0.29) is 0 Å². The Hall–Kier alpha value is -1.33. The summed E-state index contributed by atoms with van der Waals surface area (Å²) in [6.45, 7) is 5.89. The summed E-state index contributed by atoms with van der Waals surface area (Å²) in [5, 5.41) is 5.11. The number of aromatic nitrogens is 4. The Morgan fingerprint density at radius 2 is 2.24 bits per heavy atom. The monoisotopic (exact) mass is 253 g/mol. The van der Waals surface area contributed by atoms with Gasteiger partial charge in [-0.2, -0.15) is 5.10 Å². The highest BCUT2D eigenvalue weighted by Gasteiger charge is 2.12. The first-order valence-corrected chi connectivity index (χ1v) is 5.96. The molecule has 0 radical (unpaired) electrons. The van der Waals surface area contributed by atoms with Crippen LogP contribution in [-0.2, 0) is 19.6 Å². The molecule has 5 nitrogen and oxygen atoms in total. The van der Waals surface area contributed by atoms with Gasteiger partial charge in [0, 0.05) is 19.3 Å². The predicted molar refractivity (Wildman–Crippen MR) is 66.9 cm³/mol. The zero-order valence-corrected chi connectivity index (χ0v) is 10.8. The van der Waals surface area contributed by atoms with Gasteiger partial charge in [-0.3, -0.25) is 4.68 Å². The van der Waals surface area contributed by atoms with Crippen LogP contribution < -0.4 is 5.73 Å². The van der Waals surface area contributed by atoms with Crippen molar-refractivity contribution in [3.05, 3.63) is 34.6 Å². The van der Waals surface area contributed by atoms with Crippen molar-refractivity contribution in [1.29, 1.82) is 0 Å². The third-order valence-corrected chi connectivity index (χ3v) is 3.17. The third-order valence-electron chi connectivity index (χ3n) is 2.68. The van der Waals surface area contributed by atoms with E-state index in [1.807, 2.05) is 29.3 Å². The van der Waals surface area contributed by atoms with Gasteiger partial charge in [0.2, 0.25) is 0 Å². The van der Waals surface area contributed by atoms with Gasteiger partial charge in [0.15, 0.2) is 0 Å². The molecular weight excluding hydrogens is 238 g/mol. The van der Waals surface area contributed by atoms with Gasteiger partial charge in [-0.15, -0.1) is 0 Å². The lowest BCUT2D eigenvalue weighted by Gasteiger charge is -2.05. The van der Waals surface area contributed by atoms with Crippen LogP contribution in [0.15, 0.2) is 12.5 Å². The summed E-state index contributed by atoms with van der Waals surface area (Å²) >= 11 is 6.24. The zero-order valence-electron chi connectivity index (χ0n) is 10.0. The van der Waals surface area contributed by atoms with Gasteiger partial charge in [0.1, 0.15) is 0 Å². The summed E-state index contributed by atoms with van der Waals surface area (Å²) in [5.41, 5.74) is 8.27. The van der Waals surface area contributed by atoms with Gasteiger partial charge in [0.05, 0.1) is 35.0 Å². The number of imidazole rings is 1. The predicted octanol–water partition coefficient (Wildman–Crippen LogP) is 1.57. The van der Waals surface area contributed by atoms with Crippen molar-refractivity contribution >= 4 is 11.6 Å². The molecule has 17 heavy (non-hydrogen) atoms. The van der Waals surface area contributed by atoms with E-state index in [2.05, 4.69) is 10.1 Å². The molecule has 2 aromatic rings. The Kier molecular flexibility index (Phi) is 3.49. The Labute approximate surface area is 105 Å². The second kappa shape index (κ2) is 4.89. The maximum Gasteiger partial charge on any atom is 0.0953 e. The number of nitrogens with zero attached hydrogens (tertiary/aromatic N) is 4. The fourth-order valence-electron chi connectivity index (χ4n) is 1.79. The van der Waals surface area contributed by atoms with Crippen LogP contribution in [0.5, 0.6) is 0 Å². The largest absolute Gasteiger partial charge is 0.331 e. The van der Waals surface area contributed by atoms with Crippen LogP contribution in [0.2, 0.25) is 5.02 Å². The van der Waals surface area contributed by atoms with Crippen LogP contribution in [0, 0.1) is 6.92 Å². The Balaban J connectivity index is 2.28. The molecule has 92 valence electrons. The standard InChI is InChI=1S/C11H16ClN5/c1-3-17-10(11(12)8(2)15-17)6-16-5-9(4-13)14-7-16/h5,7H,3-4,6,13H2,1-2H3. The highest BCUT2D eigenvalue weighted by molar-refractivity contribution is 6.31. The van der Waals surface area contributed by atoms with Gasteiger partial charge >= 0.3 is 0 Å². The van der Waals surface area contributed by atoms with Gasteiger partial charge < -0.3 is 10.3 Å². The lowest BCUT2D eigenvalue weighted by Crippen LogP contribution is -2.07. The van der Waals surface area contributed by atoms with E-state index in [9.17, 15) is 0 Å². The summed E-state index contributed by atoms with van der Waals surface area (Å²) in [4.78, 5) is 4.19. The number of rotatable bonds is 4. The molecule has 6 heteroatoms. The quantitative estimate of drug-likeness (QED) is 0.900. The van der Waals surface area contributed by atoms with Crippen molar-refractivity contribution in [1.82, 2.24) is 19.3 Å². The molecule has 2 N–H and O–H groups in total. The molecule has 2 rings (SSSR count). The van der Waals surface area contributed by atoms with Crippen molar-refractivity contribution in [2.45, 2.75) is 33.5 Å².